The van der Waals surface area contributed by atoms with Gasteiger partial charge < -0.3 is 10.2 Å². The van der Waals surface area contributed by atoms with Gasteiger partial charge in [-0.25, -0.2) is 0 Å². The van der Waals surface area contributed by atoms with Crippen molar-refractivity contribution in [1.82, 2.24) is 20.0 Å². The number of hydrogen-bond acceptors (Lipinski definition) is 3. The van der Waals surface area contributed by atoms with Crippen molar-refractivity contribution in [3.8, 4) is 0 Å². The highest BCUT2D eigenvalue weighted by atomic mass is 19.4. The Kier molecular flexibility index (Phi) is 5.90. The molecule has 1 saturated heterocycles. The first kappa shape index (κ1) is 18.8. The minimum atomic E-state index is -4.37. The number of carbonyl (C=O) groups excluding carboxylic acids is 1. The predicted octanol–water partition coefficient (Wildman–Crippen LogP) is 2.57. The van der Waals surface area contributed by atoms with Gasteiger partial charge in [0.25, 0.3) is 0 Å². The molecule has 1 N–H and O–H groups in total. The van der Waals surface area contributed by atoms with Gasteiger partial charge in [-0.15, -0.1) is 0 Å². The van der Waals surface area contributed by atoms with Gasteiger partial charge in [-0.05, 0) is 18.8 Å². The number of piperidine rings is 1. The Morgan fingerprint density at radius 1 is 1.42 bits per heavy atom. The first-order chi connectivity index (χ1) is 11.2. The summed E-state index contributed by atoms with van der Waals surface area (Å²) in [7, 11) is 0. The normalized spacial score (nSPS) is 22.2. The summed E-state index contributed by atoms with van der Waals surface area (Å²) in [4.78, 5) is 12.5. The van der Waals surface area contributed by atoms with E-state index in [4.69, 9.17) is 0 Å². The van der Waals surface area contributed by atoms with Crippen LogP contribution in [0.15, 0.2) is 12.4 Å². The van der Waals surface area contributed by atoms with Gasteiger partial charge in [0.2, 0.25) is 5.91 Å². The molecule has 136 valence electrons. The molecule has 0 spiro atoms. The molecule has 1 aromatic heterocycles. The van der Waals surface area contributed by atoms with Crippen LogP contribution in [0.1, 0.15) is 39.2 Å². The highest BCUT2D eigenvalue weighted by Gasteiger charge is 2.47. The highest BCUT2D eigenvalue weighted by molar-refractivity contribution is 5.74. The SMILES string of the molecule is CC(=O)N1CC(NCc2cnn(CC(C)C)c2)CCC1C(F)(F)F. The molecule has 0 saturated carbocycles. The number of halogens is 3. The second-order valence-corrected chi connectivity index (χ2v) is 6.85. The maximum atomic E-state index is 13.0. The van der Waals surface area contributed by atoms with Crippen molar-refractivity contribution < 1.29 is 18.0 Å². The van der Waals surface area contributed by atoms with Gasteiger partial charge in [0, 0.05) is 44.4 Å². The summed E-state index contributed by atoms with van der Waals surface area (Å²) >= 11 is 0. The highest BCUT2D eigenvalue weighted by Crippen LogP contribution is 2.32. The van der Waals surface area contributed by atoms with Gasteiger partial charge in [-0.1, -0.05) is 13.8 Å². The number of nitrogens with zero attached hydrogens (tertiary/aromatic N) is 3. The largest absolute Gasteiger partial charge is 0.408 e. The summed E-state index contributed by atoms with van der Waals surface area (Å²) in [6.45, 7) is 6.85. The molecule has 0 aliphatic carbocycles. The monoisotopic (exact) mass is 346 g/mol. The molecule has 2 heterocycles. The first-order valence-electron chi connectivity index (χ1n) is 8.25. The number of aromatic nitrogens is 2. The number of alkyl halides is 3. The summed E-state index contributed by atoms with van der Waals surface area (Å²) in [6, 6.07) is -1.80. The molecule has 1 fully saturated rings. The lowest BCUT2D eigenvalue weighted by Gasteiger charge is -2.40. The zero-order chi connectivity index (χ0) is 17.9. The predicted molar refractivity (Wildman–Crippen MR) is 84.2 cm³/mol. The van der Waals surface area contributed by atoms with E-state index >= 15 is 0 Å². The van der Waals surface area contributed by atoms with Crippen LogP contribution in [0.5, 0.6) is 0 Å². The van der Waals surface area contributed by atoms with Crippen molar-refractivity contribution in [2.75, 3.05) is 6.54 Å². The molecule has 0 radical (unpaired) electrons. The van der Waals surface area contributed by atoms with Crippen molar-refractivity contribution in [2.24, 2.45) is 5.92 Å². The molecular formula is C16H25F3N4O. The molecule has 1 aliphatic heterocycles. The minimum Gasteiger partial charge on any atom is -0.329 e. The number of amides is 1. The summed E-state index contributed by atoms with van der Waals surface area (Å²) < 4.78 is 40.9. The second kappa shape index (κ2) is 7.55. The third-order valence-corrected chi connectivity index (χ3v) is 4.20. The summed E-state index contributed by atoms with van der Waals surface area (Å²) in [5, 5.41) is 7.52. The van der Waals surface area contributed by atoms with Gasteiger partial charge >= 0.3 is 6.18 Å². The fraction of sp³-hybridized carbons (Fsp3) is 0.750. The molecule has 2 unspecified atom stereocenters. The van der Waals surface area contributed by atoms with Crippen LogP contribution >= 0.6 is 0 Å². The van der Waals surface area contributed by atoms with E-state index < -0.39 is 18.1 Å². The van der Waals surface area contributed by atoms with Crippen molar-refractivity contribution in [3.63, 3.8) is 0 Å². The molecule has 1 aliphatic rings. The third-order valence-electron chi connectivity index (χ3n) is 4.20. The van der Waals surface area contributed by atoms with Crippen LogP contribution in [0.3, 0.4) is 0 Å². The fourth-order valence-electron chi connectivity index (χ4n) is 3.06. The molecule has 1 amide bonds. The Morgan fingerprint density at radius 2 is 2.12 bits per heavy atom. The Hall–Kier alpha value is -1.57. The van der Waals surface area contributed by atoms with E-state index in [0.29, 0.717) is 18.9 Å². The van der Waals surface area contributed by atoms with Crippen LogP contribution in [0.2, 0.25) is 0 Å². The zero-order valence-corrected chi connectivity index (χ0v) is 14.3. The number of rotatable bonds is 5. The Morgan fingerprint density at radius 3 is 2.71 bits per heavy atom. The van der Waals surface area contributed by atoms with E-state index in [1.165, 1.54) is 6.92 Å². The molecule has 24 heavy (non-hydrogen) atoms. The van der Waals surface area contributed by atoms with E-state index in [2.05, 4.69) is 24.3 Å². The lowest BCUT2D eigenvalue weighted by atomic mass is 9.97. The molecule has 2 rings (SSSR count). The summed E-state index contributed by atoms with van der Waals surface area (Å²) in [6.07, 6.45) is -0.327. The lowest BCUT2D eigenvalue weighted by molar-refractivity contribution is -0.196. The number of nitrogens with one attached hydrogen (secondary N) is 1. The van der Waals surface area contributed by atoms with Gasteiger partial charge in [0.05, 0.1) is 6.20 Å². The maximum Gasteiger partial charge on any atom is 0.408 e. The van der Waals surface area contributed by atoms with Crippen molar-refractivity contribution in [1.29, 1.82) is 0 Å². The Bertz CT molecular complexity index is 556. The standard InChI is InChI=1S/C16H25F3N4O/c1-11(2)8-22-9-13(7-21-22)6-20-14-4-5-15(16(17,18)19)23(10-14)12(3)24/h7,9,11,14-15,20H,4-6,8,10H2,1-3H3. The smallest absolute Gasteiger partial charge is 0.329 e. The average molecular weight is 346 g/mol. The van der Waals surface area contributed by atoms with E-state index in [1.807, 2.05) is 10.9 Å². The molecule has 0 aromatic carbocycles. The van der Waals surface area contributed by atoms with Crippen molar-refractivity contribution in [3.05, 3.63) is 18.0 Å². The summed E-state index contributed by atoms with van der Waals surface area (Å²) in [5.74, 6) is -0.0407. The maximum absolute atomic E-state index is 13.0. The van der Waals surface area contributed by atoms with E-state index in [9.17, 15) is 18.0 Å². The fourth-order valence-corrected chi connectivity index (χ4v) is 3.06. The van der Waals surface area contributed by atoms with Crippen LogP contribution in [0, 0.1) is 5.92 Å². The average Bonchev–Trinajstić information content (AvgIpc) is 2.90. The van der Waals surface area contributed by atoms with Gasteiger partial charge in [0.15, 0.2) is 0 Å². The molecule has 8 heteroatoms. The van der Waals surface area contributed by atoms with Crippen LogP contribution < -0.4 is 5.32 Å². The molecule has 1 aromatic rings. The van der Waals surface area contributed by atoms with Crippen LogP contribution in [0.4, 0.5) is 13.2 Å². The number of likely N-dealkylation sites (tertiary alicyclic amines) is 1. The first-order valence-corrected chi connectivity index (χ1v) is 8.25. The number of carbonyl (C=O) groups is 1. The number of hydrogen-bond donors (Lipinski definition) is 1. The summed E-state index contributed by atoms with van der Waals surface area (Å²) in [5.41, 5.74) is 0.989. The van der Waals surface area contributed by atoms with Crippen LogP contribution in [-0.4, -0.2) is 45.4 Å². The van der Waals surface area contributed by atoms with E-state index in [-0.39, 0.29) is 19.0 Å². The topological polar surface area (TPSA) is 50.2 Å². The Balaban J connectivity index is 1.90. The van der Waals surface area contributed by atoms with Gasteiger partial charge in [-0.3, -0.25) is 9.48 Å². The molecule has 0 bridgehead atoms. The van der Waals surface area contributed by atoms with Crippen LogP contribution in [0.25, 0.3) is 0 Å². The molecule has 5 nitrogen and oxygen atoms in total. The van der Waals surface area contributed by atoms with Crippen molar-refractivity contribution >= 4 is 5.91 Å². The quantitative estimate of drug-likeness (QED) is 0.891. The van der Waals surface area contributed by atoms with E-state index in [0.717, 1.165) is 17.0 Å². The van der Waals surface area contributed by atoms with Crippen molar-refractivity contribution in [2.45, 2.75) is 65.0 Å². The Labute approximate surface area is 140 Å². The minimum absolute atomic E-state index is 0.0621. The van der Waals surface area contributed by atoms with Gasteiger partial charge in [0.1, 0.15) is 6.04 Å². The van der Waals surface area contributed by atoms with Crippen LogP contribution in [-0.2, 0) is 17.9 Å². The van der Waals surface area contributed by atoms with E-state index in [1.54, 1.807) is 6.20 Å². The lowest BCUT2D eigenvalue weighted by Crippen LogP contribution is -2.56. The molecule has 2 atom stereocenters. The van der Waals surface area contributed by atoms with Gasteiger partial charge in [-0.2, -0.15) is 18.3 Å². The molecular weight excluding hydrogens is 321 g/mol. The third kappa shape index (κ3) is 4.96. The second-order valence-electron chi connectivity index (χ2n) is 6.85. The zero-order valence-electron chi connectivity index (χ0n) is 14.3.